The van der Waals surface area contributed by atoms with Crippen LogP contribution in [0.15, 0.2) is 6.07 Å². The van der Waals surface area contributed by atoms with E-state index in [1.807, 2.05) is 33.8 Å². The first kappa shape index (κ1) is 17.3. The highest BCUT2D eigenvalue weighted by Gasteiger charge is 2.27. The molecule has 0 spiro atoms. The van der Waals surface area contributed by atoms with Crippen molar-refractivity contribution in [1.82, 2.24) is 24.9 Å². The summed E-state index contributed by atoms with van der Waals surface area (Å²) in [6.07, 6.45) is 0.916. The summed E-state index contributed by atoms with van der Waals surface area (Å²) in [4.78, 5) is 20.7. The number of amides is 1. The van der Waals surface area contributed by atoms with E-state index in [4.69, 9.17) is 0 Å². The minimum atomic E-state index is -0.925. The number of aryl methyl sites for hydroxylation is 2. The molecule has 2 atom stereocenters. The number of hydrogen-bond acceptors (Lipinski definition) is 5. The zero-order valence-electron chi connectivity index (χ0n) is 14.4. The molecule has 0 aliphatic heterocycles. The van der Waals surface area contributed by atoms with E-state index < -0.39 is 5.60 Å². The fraction of sp³-hybridized carbons (Fsp3) is 0.625. The third-order valence-electron chi connectivity index (χ3n) is 4.30. The number of rotatable bonds is 6. The number of fused-ring (bicyclic) bond motifs is 1. The summed E-state index contributed by atoms with van der Waals surface area (Å²) < 4.78 is 1.63. The van der Waals surface area contributed by atoms with Crippen molar-refractivity contribution in [3.63, 3.8) is 0 Å². The van der Waals surface area contributed by atoms with Crippen molar-refractivity contribution < 1.29 is 9.90 Å². The molecule has 2 N–H and O–H groups in total. The Kier molecular flexibility index (Phi) is 4.99. The predicted molar refractivity (Wildman–Crippen MR) is 87.0 cm³/mol. The molecule has 126 valence electrons. The van der Waals surface area contributed by atoms with E-state index in [0.29, 0.717) is 11.6 Å². The Hall–Kier alpha value is -2.02. The Morgan fingerprint density at radius 1 is 1.43 bits per heavy atom. The third kappa shape index (κ3) is 4.04. The highest BCUT2D eigenvalue weighted by molar-refractivity contribution is 5.77. The molecule has 0 radical (unpaired) electrons. The average molecular weight is 319 g/mol. The standard InChI is InChI=1S/C16H25N5O2/c1-6-10(2)16(5,23)9-17-14(22)8-13-19-15-18-11(3)7-12(4)21(15)20-13/h7,10,23H,6,8-9H2,1-5H3,(H,17,22). The molecule has 7 nitrogen and oxygen atoms in total. The summed E-state index contributed by atoms with van der Waals surface area (Å²) in [5, 5.41) is 17.4. The molecule has 0 saturated carbocycles. The zero-order chi connectivity index (χ0) is 17.2. The molecule has 0 aromatic carbocycles. The van der Waals surface area contributed by atoms with E-state index in [1.165, 1.54) is 0 Å². The Morgan fingerprint density at radius 2 is 2.13 bits per heavy atom. The summed E-state index contributed by atoms with van der Waals surface area (Å²) >= 11 is 0. The topological polar surface area (TPSA) is 92.4 Å². The fourth-order valence-corrected chi connectivity index (χ4v) is 2.38. The molecule has 0 aliphatic rings. The number of hydrogen-bond donors (Lipinski definition) is 2. The second kappa shape index (κ2) is 6.62. The minimum absolute atomic E-state index is 0.0679. The Labute approximate surface area is 136 Å². The van der Waals surface area contributed by atoms with Crippen LogP contribution in [0.5, 0.6) is 0 Å². The molecule has 2 unspecified atom stereocenters. The van der Waals surface area contributed by atoms with Crippen molar-refractivity contribution in [2.45, 2.75) is 53.1 Å². The maximum Gasteiger partial charge on any atom is 0.252 e. The van der Waals surface area contributed by atoms with Crippen molar-refractivity contribution >= 4 is 11.7 Å². The largest absolute Gasteiger partial charge is 0.388 e. The first-order chi connectivity index (χ1) is 10.7. The van der Waals surface area contributed by atoms with Gasteiger partial charge in [0.1, 0.15) is 0 Å². The first-order valence-electron chi connectivity index (χ1n) is 7.92. The van der Waals surface area contributed by atoms with Gasteiger partial charge in [0.15, 0.2) is 5.82 Å². The summed E-state index contributed by atoms with van der Waals surface area (Å²) in [6.45, 7) is 9.74. The van der Waals surface area contributed by atoms with Gasteiger partial charge in [-0.25, -0.2) is 9.50 Å². The Morgan fingerprint density at radius 3 is 2.78 bits per heavy atom. The number of aliphatic hydroxyl groups is 1. The van der Waals surface area contributed by atoms with Gasteiger partial charge in [-0.05, 0) is 32.8 Å². The molecule has 2 rings (SSSR count). The summed E-state index contributed by atoms with van der Waals surface area (Å²) in [6, 6.07) is 1.91. The average Bonchev–Trinajstić information content (AvgIpc) is 2.87. The van der Waals surface area contributed by atoms with E-state index in [-0.39, 0.29) is 24.8 Å². The van der Waals surface area contributed by atoms with Crippen molar-refractivity contribution in [3.8, 4) is 0 Å². The van der Waals surface area contributed by atoms with Gasteiger partial charge in [0.05, 0.1) is 12.0 Å². The lowest BCUT2D eigenvalue weighted by Crippen LogP contribution is -2.45. The van der Waals surface area contributed by atoms with Crippen LogP contribution in [0.4, 0.5) is 0 Å². The van der Waals surface area contributed by atoms with Crippen LogP contribution in [0.3, 0.4) is 0 Å². The van der Waals surface area contributed by atoms with Crippen molar-refractivity contribution in [2.24, 2.45) is 5.92 Å². The van der Waals surface area contributed by atoms with Crippen LogP contribution in [0, 0.1) is 19.8 Å². The summed E-state index contributed by atoms with van der Waals surface area (Å²) in [5.74, 6) is 0.814. The SMILES string of the molecule is CCC(C)C(C)(O)CNC(=O)Cc1nc2nc(C)cc(C)n2n1. The normalized spacial score (nSPS) is 15.4. The molecular weight excluding hydrogens is 294 g/mol. The van der Waals surface area contributed by atoms with E-state index in [1.54, 1.807) is 11.4 Å². The molecule has 2 aromatic rings. The molecular formula is C16H25N5O2. The smallest absolute Gasteiger partial charge is 0.252 e. The van der Waals surface area contributed by atoms with E-state index in [2.05, 4.69) is 20.4 Å². The number of nitrogens with one attached hydrogen (secondary N) is 1. The second-order valence-corrected chi connectivity index (χ2v) is 6.40. The van der Waals surface area contributed by atoms with Gasteiger partial charge in [0.25, 0.3) is 5.78 Å². The molecule has 2 aromatic heterocycles. The molecule has 7 heteroatoms. The zero-order valence-corrected chi connectivity index (χ0v) is 14.4. The van der Waals surface area contributed by atoms with Crippen molar-refractivity contribution in [2.75, 3.05) is 6.54 Å². The Bertz CT molecular complexity index is 708. The molecule has 0 saturated heterocycles. The number of aromatic nitrogens is 4. The van der Waals surface area contributed by atoms with Gasteiger partial charge in [-0.3, -0.25) is 4.79 Å². The first-order valence-corrected chi connectivity index (χ1v) is 7.92. The fourth-order valence-electron chi connectivity index (χ4n) is 2.38. The van der Waals surface area contributed by atoms with Gasteiger partial charge in [0, 0.05) is 17.9 Å². The van der Waals surface area contributed by atoms with Crippen LogP contribution >= 0.6 is 0 Å². The van der Waals surface area contributed by atoms with Crippen LogP contribution in [0.25, 0.3) is 5.78 Å². The lowest BCUT2D eigenvalue weighted by molar-refractivity contribution is -0.122. The van der Waals surface area contributed by atoms with Gasteiger partial charge in [0.2, 0.25) is 5.91 Å². The third-order valence-corrected chi connectivity index (χ3v) is 4.30. The van der Waals surface area contributed by atoms with Crippen LogP contribution in [-0.2, 0) is 11.2 Å². The lowest BCUT2D eigenvalue weighted by atomic mass is 9.88. The Balaban J connectivity index is 2.02. The van der Waals surface area contributed by atoms with Gasteiger partial charge in [-0.1, -0.05) is 20.3 Å². The summed E-state index contributed by atoms with van der Waals surface area (Å²) in [5.41, 5.74) is 0.862. The predicted octanol–water partition coefficient (Wildman–Crippen LogP) is 1.20. The number of carbonyl (C=O) groups excluding carboxylic acids is 1. The highest BCUT2D eigenvalue weighted by atomic mass is 16.3. The quantitative estimate of drug-likeness (QED) is 0.834. The molecule has 0 aliphatic carbocycles. The molecule has 2 heterocycles. The van der Waals surface area contributed by atoms with Crippen molar-refractivity contribution in [3.05, 3.63) is 23.3 Å². The van der Waals surface area contributed by atoms with E-state index in [0.717, 1.165) is 17.8 Å². The van der Waals surface area contributed by atoms with E-state index >= 15 is 0 Å². The summed E-state index contributed by atoms with van der Waals surface area (Å²) in [7, 11) is 0. The highest BCUT2D eigenvalue weighted by Crippen LogP contribution is 2.18. The van der Waals surface area contributed by atoms with E-state index in [9.17, 15) is 9.90 Å². The number of carbonyl (C=O) groups is 1. The monoisotopic (exact) mass is 319 g/mol. The maximum absolute atomic E-state index is 12.1. The molecule has 0 bridgehead atoms. The maximum atomic E-state index is 12.1. The van der Waals surface area contributed by atoms with Crippen LogP contribution in [0.1, 0.15) is 44.4 Å². The van der Waals surface area contributed by atoms with Gasteiger partial charge >= 0.3 is 0 Å². The van der Waals surface area contributed by atoms with Crippen LogP contribution < -0.4 is 5.32 Å². The van der Waals surface area contributed by atoms with Gasteiger partial charge in [-0.2, -0.15) is 4.98 Å². The molecule has 1 amide bonds. The minimum Gasteiger partial charge on any atom is -0.388 e. The van der Waals surface area contributed by atoms with Gasteiger partial charge < -0.3 is 10.4 Å². The lowest BCUT2D eigenvalue weighted by Gasteiger charge is -2.29. The number of nitrogens with zero attached hydrogens (tertiary/aromatic N) is 4. The van der Waals surface area contributed by atoms with Crippen LogP contribution in [-0.4, -0.2) is 42.7 Å². The van der Waals surface area contributed by atoms with Crippen LogP contribution in [0.2, 0.25) is 0 Å². The molecule has 23 heavy (non-hydrogen) atoms. The second-order valence-electron chi connectivity index (χ2n) is 6.40. The van der Waals surface area contributed by atoms with Gasteiger partial charge in [-0.15, -0.1) is 5.10 Å². The molecule has 0 fully saturated rings. The van der Waals surface area contributed by atoms with Crippen molar-refractivity contribution in [1.29, 1.82) is 0 Å².